The van der Waals surface area contributed by atoms with Gasteiger partial charge in [-0.15, -0.1) is 0 Å². The average Bonchev–Trinajstić information content (AvgIpc) is 3.70. The molecule has 1 aliphatic carbocycles. The van der Waals surface area contributed by atoms with Gasteiger partial charge in [-0.05, 0) is 43.5 Å². The molecule has 3 aliphatic rings. The first-order chi connectivity index (χ1) is 31.4. The van der Waals surface area contributed by atoms with Crippen molar-refractivity contribution in [2.75, 3.05) is 49.4 Å². The normalized spacial score (nSPS) is 21.0. The van der Waals surface area contributed by atoms with Gasteiger partial charge in [0.05, 0.1) is 35.7 Å². The van der Waals surface area contributed by atoms with Crippen molar-refractivity contribution in [2.24, 2.45) is 23.5 Å². The minimum Gasteiger partial charge on any atom is -0.480 e. The van der Waals surface area contributed by atoms with Crippen LogP contribution < -0.4 is 38.3 Å². The van der Waals surface area contributed by atoms with Crippen molar-refractivity contribution in [2.45, 2.75) is 58.0 Å². The quantitative estimate of drug-likeness (QED) is 0.0404. The number of aliphatic carboxylic acids is 2. The van der Waals surface area contributed by atoms with Crippen LogP contribution in [0.4, 0.5) is 16.4 Å². The molecule has 0 saturated carbocycles. The fraction of sp³-hybridized carbons (Fsp3) is 0.439. The lowest BCUT2D eigenvalue weighted by Gasteiger charge is -2.41. The Balaban J connectivity index is 0.942. The van der Waals surface area contributed by atoms with E-state index in [0.29, 0.717) is 23.7 Å². The molecule has 2 unspecified atom stereocenters. The van der Waals surface area contributed by atoms with E-state index in [2.05, 4.69) is 41.2 Å². The van der Waals surface area contributed by atoms with Crippen LogP contribution >= 0.6 is 21.6 Å². The van der Waals surface area contributed by atoms with E-state index in [-0.39, 0.29) is 94.7 Å². The third-order valence-electron chi connectivity index (χ3n) is 11.7. The Bertz CT molecular complexity index is 2570. The maximum Gasteiger partial charge on any atom is 0.404 e. The van der Waals surface area contributed by atoms with E-state index in [0.717, 1.165) is 10.8 Å². The van der Waals surface area contributed by atoms with E-state index in [4.69, 9.17) is 20.9 Å². The lowest BCUT2D eigenvalue weighted by atomic mass is 9.77. The van der Waals surface area contributed by atoms with Crippen molar-refractivity contribution in [1.82, 2.24) is 40.8 Å². The first-order valence-electron chi connectivity index (χ1n) is 20.6. The summed E-state index contributed by atoms with van der Waals surface area (Å²) in [6, 6.07) is 3.25. The lowest BCUT2D eigenvalue weighted by molar-refractivity contribution is -0.153. The van der Waals surface area contributed by atoms with Crippen molar-refractivity contribution in [1.29, 1.82) is 0 Å². The topological polar surface area (TPSA) is 353 Å². The molecule has 1 saturated heterocycles. The highest BCUT2D eigenvalue weighted by molar-refractivity contribution is 8.76. The number of rotatable bonds is 21. The molecule has 6 rings (SSSR count). The number of allylic oxidation sites excluding steroid dienone is 2. The van der Waals surface area contributed by atoms with Gasteiger partial charge in [0.1, 0.15) is 18.7 Å². The molecule has 2 aromatic heterocycles. The summed E-state index contributed by atoms with van der Waals surface area (Å²) in [5.41, 5.74) is 11.1. The second-order valence-corrected chi connectivity index (χ2v) is 18.4. The van der Waals surface area contributed by atoms with Crippen molar-refractivity contribution >= 4 is 85.8 Å². The molecule has 11 N–H and O–H groups in total. The number of nitrogens with two attached hydrogens (primary N) is 2. The molecule has 23 nitrogen and oxygen atoms in total. The number of carboxylic acid groups (broad SMARTS) is 2. The van der Waals surface area contributed by atoms with E-state index in [1.807, 2.05) is 18.7 Å². The van der Waals surface area contributed by atoms with E-state index in [1.165, 1.54) is 36.2 Å². The van der Waals surface area contributed by atoms with Gasteiger partial charge in [0.2, 0.25) is 23.4 Å². The number of H-pyrrole nitrogens is 1. The first kappa shape index (κ1) is 48.7. The molecule has 352 valence electrons. The van der Waals surface area contributed by atoms with Gasteiger partial charge in [-0.25, -0.2) is 24.4 Å². The van der Waals surface area contributed by atoms with Gasteiger partial charge in [0.15, 0.2) is 16.9 Å². The number of benzene rings is 1. The number of nitrogens with one attached hydrogen (secondary N) is 5. The van der Waals surface area contributed by atoms with E-state index >= 15 is 0 Å². The van der Waals surface area contributed by atoms with Gasteiger partial charge in [-0.3, -0.25) is 29.0 Å². The van der Waals surface area contributed by atoms with Crippen LogP contribution in [-0.4, -0.2) is 133 Å². The van der Waals surface area contributed by atoms with Crippen LogP contribution in [0.5, 0.6) is 0 Å². The van der Waals surface area contributed by atoms with Gasteiger partial charge in [-0.1, -0.05) is 35.4 Å². The summed E-state index contributed by atoms with van der Waals surface area (Å²) in [4.78, 5) is 118. The number of ketones is 2. The van der Waals surface area contributed by atoms with Gasteiger partial charge >= 0.3 is 18.0 Å². The molecule has 4 heterocycles. The smallest absolute Gasteiger partial charge is 0.404 e. The number of nitrogens with zero attached hydrogens (tertiary/aromatic N) is 4. The zero-order chi connectivity index (χ0) is 48.0. The average molecular weight is 952 g/mol. The van der Waals surface area contributed by atoms with Crippen LogP contribution in [0, 0.1) is 17.8 Å². The minimum absolute atomic E-state index is 0.0163. The fourth-order valence-electron chi connectivity index (χ4n) is 8.25. The number of hydrogen-bond acceptors (Lipinski definition) is 19. The van der Waals surface area contributed by atoms with Crippen LogP contribution in [0.3, 0.4) is 0 Å². The Hall–Kier alpha value is -6.73. The molecule has 3 aromatic rings. The molecular formula is C41H49N11O12S2. The summed E-state index contributed by atoms with van der Waals surface area (Å²) >= 11 is 0. The molecule has 0 spiro atoms. The predicted molar refractivity (Wildman–Crippen MR) is 240 cm³/mol. The number of aromatic nitrogens is 4. The zero-order valence-electron chi connectivity index (χ0n) is 36.2. The van der Waals surface area contributed by atoms with Crippen molar-refractivity contribution in [3.63, 3.8) is 0 Å². The van der Waals surface area contributed by atoms with Crippen LogP contribution in [0.2, 0.25) is 0 Å². The Morgan fingerprint density at radius 2 is 1.71 bits per heavy atom. The summed E-state index contributed by atoms with van der Waals surface area (Å²) in [6.07, 6.45) is -0.339. The number of carbonyl (C=O) groups excluding carboxylic acids is 5. The number of nitrogen functional groups attached to an aromatic ring is 1. The highest BCUT2D eigenvalue weighted by Crippen LogP contribution is 2.56. The summed E-state index contributed by atoms with van der Waals surface area (Å²) in [7, 11) is 3.89. The largest absolute Gasteiger partial charge is 0.480 e. The van der Waals surface area contributed by atoms with Crippen molar-refractivity contribution in [3.8, 4) is 0 Å². The molecule has 0 radical (unpaired) electrons. The van der Waals surface area contributed by atoms with Gasteiger partial charge in [0.25, 0.3) is 11.5 Å². The van der Waals surface area contributed by atoms with Crippen molar-refractivity contribution in [3.05, 3.63) is 74.6 Å². The maximum atomic E-state index is 14.1. The Labute approximate surface area is 384 Å². The number of anilines is 2. The number of carboxylic acids is 2. The predicted octanol–water partition coefficient (Wildman–Crippen LogP) is 0.747. The molecular weight excluding hydrogens is 903 g/mol. The number of amides is 3. The Morgan fingerprint density at radius 3 is 2.38 bits per heavy atom. The van der Waals surface area contributed by atoms with Crippen LogP contribution in [-0.2, 0) is 40.0 Å². The maximum absolute atomic E-state index is 14.1. The number of aromatic amines is 1. The molecule has 6 atom stereocenters. The second kappa shape index (κ2) is 20.6. The molecule has 1 aromatic carbocycles. The monoisotopic (exact) mass is 951 g/mol. The number of fused-ring (bicyclic) bond motifs is 3. The number of ether oxygens (including phenoxy) is 2. The lowest BCUT2D eigenvalue weighted by Crippen LogP contribution is -2.52. The fourth-order valence-corrected chi connectivity index (χ4v) is 10.3. The number of primary amides is 1. The number of carbonyl (C=O) groups is 7. The molecule has 0 bridgehead atoms. The van der Waals surface area contributed by atoms with Gasteiger partial charge in [0, 0.05) is 66.4 Å². The van der Waals surface area contributed by atoms with Gasteiger partial charge in [-0.2, -0.15) is 4.98 Å². The highest BCUT2D eigenvalue weighted by atomic mass is 33.1. The number of hydrogen-bond donors (Lipinski definition) is 9. The third kappa shape index (κ3) is 10.2. The standard InChI is InChI=1S/C41H49N11O12S2/c1-18-15-52-31-28(24(16-64-40(43)62)41(52,63-4)20(18)3)33(55)29(19(2)32(31)54)44-11-12-65-66-17-26(38(60)61)48-27(53)10-9-25(37(58)59)49-35(56)21-5-7-22(8-6-21)45-13-23-14-46-34-30(47-23)36(57)51-39(42)50-34/h5-8,14,18,20,24-26,44-45H,9-13,15-17H2,1-4H3,(H2,43,62)(H,48,53)(H,49,56)(H,58,59)(H,60,61)(H3,42,46,50,51,57)/t18-,20-,24+,25?,26?,41-/m0/s1. The number of Topliss-reactive ketones (excluding diaryl/α,β-unsaturated/α-hetero) is 2. The molecule has 2 aliphatic heterocycles. The summed E-state index contributed by atoms with van der Waals surface area (Å²) < 4.78 is 11.3. The van der Waals surface area contributed by atoms with Crippen LogP contribution in [0.25, 0.3) is 11.2 Å². The Morgan fingerprint density at radius 1 is 1.00 bits per heavy atom. The zero-order valence-corrected chi connectivity index (χ0v) is 37.8. The van der Waals surface area contributed by atoms with E-state index in [1.54, 1.807) is 19.1 Å². The summed E-state index contributed by atoms with van der Waals surface area (Å²) in [5.74, 6) is -5.60. The van der Waals surface area contributed by atoms with Crippen LogP contribution in [0.15, 0.2) is 57.8 Å². The third-order valence-corrected chi connectivity index (χ3v) is 14.1. The van der Waals surface area contributed by atoms with Crippen LogP contribution in [0.1, 0.15) is 49.7 Å². The molecule has 1 fully saturated rings. The summed E-state index contributed by atoms with van der Waals surface area (Å²) in [6.45, 7) is 6.09. The molecule has 3 amide bonds. The van der Waals surface area contributed by atoms with E-state index < -0.39 is 71.3 Å². The van der Waals surface area contributed by atoms with Crippen molar-refractivity contribution < 1.29 is 53.2 Å². The second-order valence-electron chi connectivity index (χ2n) is 15.7. The Kier molecular flexibility index (Phi) is 15.2. The summed E-state index contributed by atoms with van der Waals surface area (Å²) in [5, 5.41) is 30.5. The SMILES string of the molecule is CO[C@@]12[C@H](COC(N)=O)C3=C(C(=O)C(C)=C(NCCSSCC(NC(=O)CCC(NC(=O)c4ccc(NCc5cnc6nc(N)[nH]c(=O)c6n5)cc4)C(=O)O)C(=O)O)C3=O)N1C[C@H](C)[C@@H]2C. The number of methoxy groups -OCH3 is 1. The van der Waals surface area contributed by atoms with Gasteiger partial charge < -0.3 is 57.3 Å². The highest BCUT2D eigenvalue weighted by Gasteiger charge is 2.65. The molecule has 25 heteroatoms. The first-order valence-corrected chi connectivity index (χ1v) is 23.1. The molecule has 66 heavy (non-hydrogen) atoms. The minimum atomic E-state index is -1.47. The van der Waals surface area contributed by atoms with E-state index in [9.17, 15) is 48.6 Å².